The number of ether oxygens (including phenoxy) is 1. The minimum atomic E-state index is 0.0264. The van der Waals surface area contributed by atoms with Crippen molar-refractivity contribution in [3.8, 4) is 17.1 Å². The molecule has 5 nitrogen and oxygen atoms in total. The van der Waals surface area contributed by atoms with E-state index in [-0.39, 0.29) is 5.78 Å². The molecule has 0 unspecified atom stereocenters. The molecule has 26 heavy (non-hydrogen) atoms. The van der Waals surface area contributed by atoms with Gasteiger partial charge in [-0.15, -0.1) is 10.2 Å². The Morgan fingerprint density at radius 1 is 1.23 bits per heavy atom. The minimum Gasteiger partial charge on any atom is -0.496 e. The number of rotatable bonds is 6. The van der Waals surface area contributed by atoms with E-state index in [4.69, 9.17) is 4.74 Å². The van der Waals surface area contributed by atoms with E-state index in [2.05, 4.69) is 32.2 Å². The predicted molar refractivity (Wildman–Crippen MR) is 107 cm³/mol. The van der Waals surface area contributed by atoms with Crippen molar-refractivity contribution in [3.05, 3.63) is 58.1 Å². The summed E-state index contributed by atoms with van der Waals surface area (Å²) in [6.07, 6.45) is 0. The van der Waals surface area contributed by atoms with Crippen LogP contribution in [0.5, 0.6) is 5.75 Å². The van der Waals surface area contributed by atoms with Crippen LogP contribution in [-0.4, -0.2) is 33.4 Å². The van der Waals surface area contributed by atoms with Crippen LogP contribution in [0.3, 0.4) is 0 Å². The summed E-state index contributed by atoms with van der Waals surface area (Å²) in [6, 6.07) is 13.4. The molecule has 0 aliphatic rings. The number of carbonyl (C=O) groups excluding carboxylic acids is 1. The highest BCUT2D eigenvalue weighted by Gasteiger charge is 2.15. The molecule has 0 spiro atoms. The molecule has 134 valence electrons. The van der Waals surface area contributed by atoms with Crippen LogP contribution in [0.2, 0.25) is 0 Å². The lowest BCUT2D eigenvalue weighted by atomic mass is 10.1. The molecular weight excluding hydrogens is 414 g/mol. The zero-order valence-corrected chi connectivity index (χ0v) is 17.1. The van der Waals surface area contributed by atoms with Crippen LogP contribution >= 0.6 is 27.7 Å². The highest BCUT2D eigenvalue weighted by Crippen LogP contribution is 2.27. The Balaban J connectivity index is 1.72. The van der Waals surface area contributed by atoms with Gasteiger partial charge in [0.1, 0.15) is 5.75 Å². The number of halogens is 1. The van der Waals surface area contributed by atoms with Crippen LogP contribution in [0, 0.1) is 6.92 Å². The van der Waals surface area contributed by atoms with Crippen molar-refractivity contribution in [2.45, 2.75) is 12.1 Å². The number of ketones is 1. The molecule has 3 aromatic rings. The second-order valence-corrected chi connectivity index (χ2v) is 7.59. The highest BCUT2D eigenvalue weighted by molar-refractivity contribution is 9.10. The molecule has 0 N–H and O–H groups in total. The molecule has 0 amide bonds. The van der Waals surface area contributed by atoms with Gasteiger partial charge in [-0.05, 0) is 47.1 Å². The van der Waals surface area contributed by atoms with E-state index < -0.39 is 0 Å². The molecular formula is C19H18BrN3O2S. The zero-order chi connectivity index (χ0) is 18.7. The first-order valence-corrected chi connectivity index (χ1v) is 9.73. The molecule has 2 aromatic carbocycles. The average Bonchev–Trinajstić information content (AvgIpc) is 3.00. The first-order chi connectivity index (χ1) is 12.5. The maximum atomic E-state index is 12.5. The lowest BCUT2D eigenvalue weighted by Gasteiger charge is -2.06. The molecule has 7 heteroatoms. The smallest absolute Gasteiger partial charge is 0.191 e. The van der Waals surface area contributed by atoms with Gasteiger partial charge in [-0.25, -0.2) is 0 Å². The van der Waals surface area contributed by atoms with E-state index in [1.54, 1.807) is 25.3 Å². The summed E-state index contributed by atoms with van der Waals surface area (Å²) >= 11 is 4.79. The predicted octanol–water partition coefficient (Wildman–Crippen LogP) is 4.54. The van der Waals surface area contributed by atoms with E-state index in [1.807, 2.05) is 36.7 Å². The number of nitrogens with zero attached hydrogens (tertiary/aromatic N) is 3. The van der Waals surface area contributed by atoms with Crippen molar-refractivity contribution in [2.75, 3.05) is 12.9 Å². The van der Waals surface area contributed by atoms with Gasteiger partial charge in [-0.2, -0.15) is 0 Å². The number of hydrogen-bond donors (Lipinski definition) is 0. The van der Waals surface area contributed by atoms with E-state index in [0.29, 0.717) is 22.2 Å². The van der Waals surface area contributed by atoms with Gasteiger partial charge in [-0.1, -0.05) is 35.5 Å². The number of thioether (sulfide) groups is 1. The maximum absolute atomic E-state index is 12.5. The van der Waals surface area contributed by atoms with Gasteiger partial charge < -0.3 is 9.30 Å². The summed E-state index contributed by atoms with van der Waals surface area (Å²) in [5.74, 6) is 1.80. The lowest BCUT2D eigenvalue weighted by molar-refractivity contribution is 0.102. The van der Waals surface area contributed by atoms with Crippen molar-refractivity contribution in [2.24, 2.45) is 7.05 Å². The SMILES string of the molecule is COc1ccc(C(=O)CSc2nnc(-c3cccc(C)c3)n2C)cc1Br. The molecule has 3 rings (SSSR count). The second kappa shape index (κ2) is 8.05. The molecule has 1 aromatic heterocycles. The largest absolute Gasteiger partial charge is 0.496 e. The average molecular weight is 432 g/mol. The quantitative estimate of drug-likeness (QED) is 0.423. The molecule has 0 bridgehead atoms. The summed E-state index contributed by atoms with van der Waals surface area (Å²) in [4.78, 5) is 12.5. The summed E-state index contributed by atoms with van der Waals surface area (Å²) in [7, 11) is 3.51. The number of methoxy groups -OCH3 is 1. The number of aromatic nitrogens is 3. The number of Topliss-reactive ketones (excluding diaryl/α,β-unsaturated/α-hetero) is 1. The third-order valence-corrected chi connectivity index (χ3v) is 5.56. The molecule has 0 saturated carbocycles. The summed E-state index contributed by atoms with van der Waals surface area (Å²) in [5.41, 5.74) is 2.81. The van der Waals surface area contributed by atoms with Gasteiger partial charge in [0.15, 0.2) is 16.8 Å². The minimum absolute atomic E-state index is 0.0264. The first-order valence-electron chi connectivity index (χ1n) is 7.95. The summed E-state index contributed by atoms with van der Waals surface area (Å²) in [6.45, 7) is 2.04. The Hall–Kier alpha value is -2.12. The Kier molecular flexibility index (Phi) is 5.78. The Labute approximate surface area is 164 Å². The highest BCUT2D eigenvalue weighted by atomic mass is 79.9. The van der Waals surface area contributed by atoms with Gasteiger partial charge in [0.25, 0.3) is 0 Å². The van der Waals surface area contributed by atoms with Gasteiger partial charge >= 0.3 is 0 Å². The third-order valence-electron chi connectivity index (χ3n) is 3.92. The monoisotopic (exact) mass is 431 g/mol. The van der Waals surface area contributed by atoms with Gasteiger partial charge in [-0.3, -0.25) is 4.79 Å². The van der Waals surface area contributed by atoms with Crippen LogP contribution in [0.4, 0.5) is 0 Å². The summed E-state index contributed by atoms with van der Waals surface area (Å²) in [5, 5.41) is 9.21. The molecule has 1 heterocycles. The van der Waals surface area contributed by atoms with E-state index in [1.165, 1.54) is 17.3 Å². The standard InChI is InChI=1S/C19H18BrN3O2S/c1-12-5-4-6-14(9-12)18-21-22-19(23(18)2)26-11-16(24)13-7-8-17(25-3)15(20)10-13/h4-10H,11H2,1-3H3. The van der Waals surface area contributed by atoms with Crippen molar-refractivity contribution >= 4 is 33.5 Å². The van der Waals surface area contributed by atoms with Crippen LogP contribution in [0.25, 0.3) is 11.4 Å². The van der Waals surface area contributed by atoms with Crippen molar-refractivity contribution in [1.82, 2.24) is 14.8 Å². The number of benzene rings is 2. The van der Waals surface area contributed by atoms with E-state index in [0.717, 1.165) is 15.9 Å². The maximum Gasteiger partial charge on any atom is 0.191 e. The van der Waals surface area contributed by atoms with Crippen LogP contribution < -0.4 is 4.74 Å². The number of hydrogen-bond acceptors (Lipinski definition) is 5. The van der Waals surface area contributed by atoms with E-state index in [9.17, 15) is 4.79 Å². The second-order valence-electron chi connectivity index (χ2n) is 5.80. The van der Waals surface area contributed by atoms with Gasteiger partial charge in [0.2, 0.25) is 0 Å². The Bertz CT molecular complexity index is 956. The lowest BCUT2D eigenvalue weighted by Crippen LogP contribution is -2.04. The van der Waals surface area contributed by atoms with Crippen LogP contribution in [0.1, 0.15) is 15.9 Å². The Morgan fingerprint density at radius 2 is 2.04 bits per heavy atom. The fourth-order valence-electron chi connectivity index (χ4n) is 2.53. The van der Waals surface area contributed by atoms with Gasteiger partial charge in [0, 0.05) is 18.2 Å². The van der Waals surface area contributed by atoms with Gasteiger partial charge in [0.05, 0.1) is 17.3 Å². The molecule has 0 aliphatic carbocycles. The Morgan fingerprint density at radius 3 is 2.73 bits per heavy atom. The molecule has 0 fully saturated rings. The fraction of sp³-hybridized carbons (Fsp3) is 0.211. The molecule has 0 atom stereocenters. The molecule has 0 saturated heterocycles. The normalized spacial score (nSPS) is 10.8. The fourth-order valence-corrected chi connectivity index (χ4v) is 3.88. The molecule has 0 radical (unpaired) electrons. The van der Waals surface area contributed by atoms with E-state index >= 15 is 0 Å². The first kappa shape index (κ1) is 18.7. The van der Waals surface area contributed by atoms with Crippen molar-refractivity contribution in [1.29, 1.82) is 0 Å². The van der Waals surface area contributed by atoms with Crippen molar-refractivity contribution in [3.63, 3.8) is 0 Å². The zero-order valence-electron chi connectivity index (χ0n) is 14.7. The third kappa shape index (κ3) is 3.99. The number of carbonyl (C=O) groups is 1. The number of aryl methyl sites for hydroxylation is 1. The van der Waals surface area contributed by atoms with Crippen LogP contribution in [0.15, 0.2) is 52.1 Å². The van der Waals surface area contributed by atoms with Crippen LogP contribution in [-0.2, 0) is 7.05 Å². The topological polar surface area (TPSA) is 57.0 Å². The van der Waals surface area contributed by atoms with Crippen molar-refractivity contribution < 1.29 is 9.53 Å². The molecule has 0 aliphatic heterocycles. The summed E-state index contributed by atoms with van der Waals surface area (Å²) < 4.78 is 7.87.